The number of anilines is 2. The van der Waals surface area contributed by atoms with Gasteiger partial charge in [0.1, 0.15) is 17.2 Å². The molecule has 0 radical (unpaired) electrons. The molecule has 1 unspecified atom stereocenters. The van der Waals surface area contributed by atoms with Gasteiger partial charge in [0.15, 0.2) is 5.82 Å². The number of nitrogens with two attached hydrogens (primary N) is 1. The fourth-order valence-electron chi connectivity index (χ4n) is 8.39. The highest BCUT2D eigenvalue weighted by atomic mass is 35.5. The number of aromatic nitrogens is 3. The maximum Gasteiger partial charge on any atom is 0.418 e. The minimum absolute atomic E-state index is 0.0471. The zero-order valence-corrected chi connectivity index (χ0v) is 27.5. The third-order valence-electron chi connectivity index (χ3n) is 10.6. The first-order valence-corrected chi connectivity index (χ1v) is 16.3. The monoisotopic (exact) mass is 695 g/mol. The second-order valence-electron chi connectivity index (χ2n) is 14.0. The van der Waals surface area contributed by atoms with E-state index >= 15 is 4.39 Å². The van der Waals surface area contributed by atoms with Gasteiger partial charge in [0, 0.05) is 48.1 Å². The average Bonchev–Trinajstić information content (AvgIpc) is 3.32. The van der Waals surface area contributed by atoms with Crippen LogP contribution in [0.15, 0.2) is 12.6 Å². The summed E-state index contributed by atoms with van der Waals surface area (Å²) in [7, 11) is 1.84. The average molecular weight is 696 g/mol. The first-order chi connectivity index (χ1) is 22.6. The number of ether oxygens (including phenoxy) is 1. The Morgan fingerprint density at radius 2 is 1.94 bits per heavy atom. The predicted octanol–water partition coefficient (Wildman–Crippen LogP) is 6.72. The molecule has 0 spiro atoms. The first kappa shape index (κ1) is 33.2. The summed E-state index contributed by atoms with van der Waals surface area (Å²) < 4.78 is 95.0. The number of halogens is 7. The minimum Gasteiger partial charge on any atom is -0.463 e. The Hall–Kier alpha value is -3.36. The molecule has 48 heavy (non-hydrogen) atoms. The molecule has 8 nitrogen and oxygen atoms in total. The van der Waals surface area contributed by atoms with Gasteiger partial charge < -0.3 is 25.6 Å². The normalized spacial score (nSPS) is 27.5. The second kappa shape index (κ2) is 11.6. The molecule has 1 aromatic carbocycles. The van der Waals surface area contributed by atoms with Crippen molar-refractivity contribution in [3.05, 3.63) is 40.2 Å². The van der Waals surface area contributed by atoms with Crippen molar-refractivity contribution in [2.75, 3.05) is 43.9 Å². The molecule has 0 saturated carbocycles. The molecule has 4 aliphatic heterocycles. The van der Waals surface area contributed by atoms with Crippen molar-refractivity contribution >= 4 is 39.7 Å². The highest BCUT2D eigenvalue weighted by Gasteiger charge is 2.47. The number of pyridine rings is 1. The summed E-state index contributed by atoms with van der Waals surface area (Å²) in [5, 5.41) is 3.51. The molecule has 2 bridgehead atoms. The van der Waals surface area contributed by atoms with E-state index < -0.39 is 46.6 Å². The van der Waals surface area contributed by atoms with Crippen molar-refractivity contribution in [2.45, 2.75) is 70.3 Å². The molecule has 258 valence electrons. The summed E-state index contributed by atoms with van der Waals surface area (Å²) in [5.74, 6) is -2.06. The zero-order chi connectivity index (χ0) is 34.4. The van der Waals surface area contributed by atoms with Gasteiger partial charge in [0.25, 0.3) is 0 Å². The molecule has 4 aliphatic rings. The van der Waals surface area contributed by atoms with Crippen molar-refractivity contribution < 1.29 is 31.1 Å². The van der Waals surface area contributed by atoms with Crippen molar-refractivity contribution in [1.29, 1.82) is 0 Å². The molecule has 15 heteroatoms. The molecule has 3 saturated heterocycles. The van der Waals surface area contributed by atoms with Crippen LogP contribution in [0.25, 0.3) is 27.7 Å². The molecule has 0 aliphatic carbocycles. The standard InChI is InChI=1S/C33H36ClF6N7O/c1-14-9-19-18-6-5-16(42-18)11-47(19)30-22-21(14)25(34)23(27-24(33(38,39)40)15(2)10-20(41)43-27)26(35)28(22)44-31(45-30)48-13-32(3)12-46(4)8-7-17(32)29(36)37/h10,16-19,29,42H,1,5-9,11-13H2,2-4H3,(H2,41,43)/t16-,17-,18?,19-,32+/m1/s1. The van der Waals surface area contributed by atoms with Gasteiger partial charge in [0.05, 0.1) is 33.8 Å². The van der Waals surface area contributed by atoms with Gasteiger partial charge in [-0.05, 0) is 63.4 Å². The predicted molar refractivity (Wildman–Crippen MR) is 172 cm³/mol. The van der Waals surface area contributed by atoms with E-state index in [1.807, 2.05) is 11.9 Å². The van der Waals surface area contributed by atoms with Gasteiger partial charge in [0.2, 0.25) is 6.43 Å². The molecule has 7 rings (SSSR count). The number of aryl methyl sites for hydroxylation is 1. The minimum atomic E-state index is -4.92. The number of nitrogen functional groups attached to an aromatic ring is 1. The van der Waals surface area contributed by atoms with Gasteiger partial charge in [-0.3, -0.25) is 0 Å². The fourth-order valence-corrected chi connectivity index (χ4v) is 8.79. The van der Waals surface area contributed by atoms with Crippen LogP contribution in [0.2, 0.25) is 5.02 Å². The van der Waals surface area contributed by atoms with Crippen LogP contribution in [0.3, 0.4) is 0 Å². The Labute approximate surface area is 278 Å². The van der Waals surface area contributed by atoms with Gasteiger partial charge >= 0.3 is 12.2 Å². The van der Waals surface area contributed by atoms with E-state index in [0.717, 1.165) is 18.9 Å². The lowest BCUT2D eigenvalue weighted by atomic mass is 9.73. The fraction of sp³-hybridized carbons (Fsp3) is 0.545. The van der Waals surface area contributed by atoms with E-state index in [0.29, 0.717) is 37.4 Å². The molecule has 2 aromatic heterocycles. The third kappa shape index (κ3) is 5.34. The summed E-state index contributed by atoms with van der Waals surface area (Å²) in [6.07, 6.45) is -5.07. The highest BCUT2D eigenvalue weighted by molar-refractivity contribution is 6.37. The topological polar surface area (TPSA) is 92.4 Å². The lowest BCUT2D eigenvalue weighted by Gasteiger charge is -2.44. The van der Waals surface area contributed by atoms with E-state index in [-0.39, 0.29) is 70.0 Å². The molecular formula is C33H36ClF6N7O. The molecule has 5 atom stereocenters. The van der Waals surface area contributed by atoms with E-state index in [4.69, 9.17) is 27.1 Å². The zero-order valence-electron chi connectivity index (χ0n) is 26.7. The van der Waals surface area contributed by atoms with E-state index in [9.17, 15) is 22.0 Å². The van der Waals surface area contributed by atoms with E-state index in [1.165, 1.54) is 6.92 Å². The number of hydrogen-bond acceptors (Lipinski definition) is 8. The first-order valence-electron chi connectivity index (χ1n) is 15.9. The van der Waals surface area contributed by atoms with E-state index in [2.05, 4.69) is 26.8 Å². The van der Waals surface area contributed by atoms with Crippen LogP contribution in [0.4, 0.5) is 38.0 Å². The van der Waals surface area contributed by atoms with Gasteiger partial charge in [-0.15, -0.1) is 0 Å². The molecule has 3 fully saturated rings. The summed E-state index contributed by atoms with van der Waals surface area (Å²) in [6, 6.07) is 0.791. The van der Waals surface area contributed by atoms with Gasteiger partial charge in [-0.1, -0.05) is 25.1 Å². The summed E-state index contributed by atoms with van der Waals surface area (Å²) in [5.41, 5.74) is 2.48. The number of piperazine rings is 1. The van der Waals surface area contributed by atoms with Crippen molar-refractivity contribution in [3.63, 3.8) is 0 Å². The quantitative estimate of drug-likeness (QED) is 0.285. The van der Waals surface area contributed by atoms with Crippen LogP contribution in [0.1, 0.15) is 49.3 Å². The molecule has 6 heterocycles. The number of likely N-dealkylation sites (tertiary alicyclic amines) is 1. The molecular weight excluding hydrogens is 660 g/mol. The highest BCUT2D eigenvalue weighted by Crippen LogP contribution is 2.51. The van der Waals surface area contributed by atoms with Crippen molar-refractivity contribution in [2.24, 2.45) is 11.3 Å². The maximum absolute atomic E-state index is 17.0. The Morgan fingerprint density at radius 1 is 1.19 bits per heavy atom. The largest absolute Gasteiger partial charge is 0.463 e. The third-order valence-corrected chi connectivity index (χ3v) is 10.9. The van der Waals surface area contributed by atoms with Crippen LogP contribution in [0, 0.1) is 24.1 Å². The lowest BCUT2D eigenvalue weighted by Crippen LogP contribution is -2.58. The number of fused-ring (bicyclic) bond motifs is 5. The number of rotatable bonds is 5. The van der Waals surface area contributed by atoms with Crippen LogP contribution in [-0.2, 0) is 6.18 Å². The van der Waals surface area contributed by atoms with Crippen LogP contribution >= 0.6 is 11.6 Å². The molecule has 3 aromatic rings. The van der Waals surface area contributed by atoms with E-state index in [1.54, 1.807) is 6.92 Å². The smallest absolute Gasteiger partial charge is 0.418 e. The molecule has 3 N–H and O–H groups in total. The second-order valence-corrected chi connectivity index (χ2v) is 14.4. The Balaban J connectivity index is 1.46. The van der Waals surface area contributed by atoms with Crippen molar-refractivity contribution in [1.82, 2.24) is 25.2 Å². The van der Waals surface area contributed by atoms with Crippen LogP contribution in [0.5, 0.6) is 6.01 Å². The Morgan fingerprint density at radius 3 is 2.65 bits per heavy atom. The number of nitrogens with one attached hydrogen (secondary N) is 1. The Kier molecular flexibility index (Phi) is 8.02. The lowest BCUT2D eigenvalue weighted by molar-refractivity contribution is -0.137. The maximum atomic E-state index is 17.0. The number of piperidine rings is 1. The number of alkyl halides is 5. The number of hydrogen-bond donors (Lipinski definition) is 2. The van der Waals surface area contributed by atoms with Crippen molar-refractivity contribution in [3.8, 4) is 17.3 Å². The van der Waals surface area contributed by atoms with Gasteiger partial charge in [-0.2, -0.15) is 23.1 Å². The summed E-state index contributed by atoms with van der Waals surface area (Å²) in [4.78, 5) is 17.1. The van der Waals surface area contributed by atoms with Crippen LogP contribution in [-0.4, -0.2) is 77.7 Å². The van der Waals surface area contributed by atoms with Crippen LogP contribution < -0.4 is 20.7 Å². The number of nitrogens with zero attached hydrogens (tertiary/aromatic N) is 5. The summed E-state index contributed by atoms with van der Waals surface area (Å²) in [6.45, 7) is 8.36. The number of benzene rings is 1. The SMILES string of the molecule is C=C1C[C@@H]2C3CC[C@H](CN2c2nc(OC[C@]4(C)CN(C)CC[C@@H]4C(F)F)nc4c(F)c(-c5nc(N)cc(C)c5C(F)(F)F)c(Cl)c1c24)N3. The summed E-state index contributed by atoms with van der Waals surface area (Å²) >= 11 is 6.94. The van der Waals surface area contributed by atoms with Gasteiger partial charge in [-0.25, -0.2) is 18.2 Å². The Bertz CT molecular complexity index is 1820. The molecule has 0 amide bonds.